The van der Waals surface area contributed by atoms with Crippen molar-refractivity contribution in [3.63, 3.8) is 0 Å². The molecule has 0 saturated carbocycles. The van der Waals surface area contributed by atoms with Gasteiger partial charge >= 0.3 is 0 Å². The summed E-state index contributed by atoms with van der Waals surface area (Å²) in [5.41, 5.74) is 2.56. The monoisotopic (exact) mass is 237 g/mol. The van der Waals surface area contributed by atoms with Crippen LogP contribution in [0.1, 0.15) is 18.1 Å². The highest BCUT2D eigenvalue weighted by Crippen LogP contribution is 2.25. The predicted molar refractivity (Wildman–Crippen MR) is 69.9 cm³/mol. The molecule has 0 saturated heterocycles. The molecule has 1 rings (SSSR count). The van der Waals surface area contributed by atoms with Gasteiger partial charge in [0.05, 0.1) is 5.25 Å². The summed E-state index contributed by atoms with van der Waals surface area (Å²) in [6, 6.07) is 6.32. The highest BCUT2D eigenvalue weighted by molar-refractivity contribution is 8.00. The molecule has 16 heavy (non-hydrogen) atoms. The summed E-state index contributed by atoms with van der Waals surface area (Å²) in [4.78, 5) is 14.5. The molecule has 1 aromatic carbocycles. The second-order valence-electron chi connectivity index (χ2n) is 4.24. The van der Waals surface area contributed by atoms with Crippen molar-refractivity contribution in [2.45, 2.75) is 30.9 Å². The number of thioether (sulfide) groups is 1. The van der Waals surface area contributed by atoms with Crippen LogP contribution in [0.5, 0.6) is 0 Å². The van der Waals surface area contributed by atoms with Gasteiger partial charge in [0.15, 0.2) is 0 Å². The van der Waals surface area contributed by atoms with E-state index in [2.05, 4.69) is 32.0 Å². The van der Waals surface area contributed by atoms with Crippen molar-refractivity contribution in [3.05, 3.63) is 29.3 Å². The van der Waals surface area contributed by atoms with Crippen molar-refractivity contribution < 1.29 is 4.79 Å². The first-order valence-corrected chi connectivity index (χ1v) is 6.25. The van der Waals surface area contributed by atoms with Crippen LogP contribution >= 0.6 is 11.8 Å². The maximum Gasteiger partial charge on any atom is 0.235 e. The Morgan fingerprint density at radius 2 is 1.88 bits per heavy atom. The van der Waals surface area contributed by atoms with Gasteiger partial charge in [-0.05, 0) is 44.0 Å². The molecule has 0 aliphatic rings. The molecule has 0 fully saturated rings. The van der Waals surface area contributed by atoms with Gasteiger partial charge in [0.1, 0.15) is 0 Å². The van der Waals surface area contributed by atoms with Crippen LogP contribution < -0.4 is 0 Å². The van der Waals surface area contributed by atoms with E-state index in [0.29, 0.717) is 0 Å². The fraction of sp³-hybridized carbons (Fsp3) is 0.462. The van der Waals surface area contributed by atoms with Gasteiger partial charge < -0.3 is 4.90 Å². The molecule has 0 radical (unpaired) electrons. The number of hydrogen-bond acceptors (Lipinski definition) is 2. The Kier molecular flexibility index (Phi) is 4.42. The normalized spacial score (nSPS) is 12.3. The average molecular weight is 237 g/mol. The number of rotatable bonds is 3. The largest absolute Gasteiger partial charge is 0.348 e. The summed E-state index contributed by atoms with van der Waals surface area (Å²) in [6.45, 7) is 6.14. The van der Waals surface area contributed by atoms with Crippen molar-refractivity contribution in [2.24, 2.45) is 0 Å². The summed E-state index contributed by atoms with van der Waals surface area (Å²) in [5.74, 6) is 0.156. The Morgan fingerprint density at radius 1 is 1.25 bits per heavy atom. The van der Waals surface area contributed by atoms with E-state index in [0.717, 1.165) is 4.90 Å². The molecule has 0 aliphatic carbocycles. The third-order valence-electron chi connectivity index (χ3n) is 2.58. The lowest BCUT2D eigenvalue weighted by atomic mass is 10.1. The van der Waals surface area contributed by atoms with Gasteiger partial charge in [-0.3, -0.25) is 4.79 Å². The van der Waals surface area contributed by atoms with E-state index in [1.807, 2.05) is 6.92 Å². The van der Waals surface area contributed by atoms with Gasteiger partial charge in [-0.2, -0.15) is 0 Å². The second kappa shape index (κ2) is 5.39. The molecule has 0 spiro atoms. The SMILES string of the molecule is Cc1ccc(SC(C)C(=O)N(C)C)cc1C. The zero-order valence-electron chi connectivity index (χ0n) is 10.6. The summed E-state index contributed by atoms with van der Waals surface area (Å²) in [7, 11) is 3.58. The van der Waals surface area contributed by atoms with Crippen molar-refractivity contribution >= 4 is 17.7 Å². The van der Waals surface area contributed by atoms with Gasteiger partial charge in [-0.25, -0.2) is 0 Å². The molecule has 1 amide bonds. The Balaban J connectivity index is 2.73. The molecule has 0 heterocycles. The first kappa shape index (κ1) is 13.1. The number of hydrogen-bond donors (Lipinski definition) is 0. The van der Waals surface area contributed by atoms with Crippen LogP contribution in [0.3, 0.4) is 0 Å². The molecule has 0 N–H and O–H groups in total. The molecule has 0 bridgehead atoms. The lowest BCUT2D eigenvalue weighted by Gasteiger charge is -2.16. The highest BCUT2D eigenvalue weighted by Gasteiger charge is 2.15. The number of carbonyl (C=O) groups is 1. The van der Waals surface area contributed by atoms with Crippen molar-refractivity contribution in [2.75, 3.05) is 14.1 Å². The topological polar surface area (TPSA) is 20.3 Å². The molecule has 1 unspecified atom stereocenters. The predicted octanol–water partition coefficient (Wildman–Crippen LogP) is 2.87. The smallest absolute Gasteiger partial charge is 0.235 e. The lowest BCUT2D eigenvalue weighted by Crippen LogP contribution is -2.29. The van der Waals surface area contributed by atoms with E-state index in [9.17, 15) is 4.79 Å². The average Bonchev–Trinajstić information content (AvgIpc) is 2.22. The minimum absolute atomic E-state index is 0.0305. The number of nitrogens with zero attached hydrogens (tertiary/aromatic N) is 1. The molecular weight excluding hydrogens is 218 g/mol. The Bertz CT molecular complexity index is 388. The fourth-order valence-corrected chi connectivity index (χ4v) is 2.52. The summed E-state index contributed by atoms with van der Waals surface area (Å²) in [5, 5.41) is -0.0305. The number of amides is 1. The minimum atomic E-state index is -0.0305. The molecule has 88 valence electrons. The summed E-state index contributed by atoms with van der Waals surface area (Å²) >= 11 is 1.61. The van der Waals surface area contributed by atoms with Crippen LogP contribution in [0.25, 0.3) is 0 Å². The maximum atomic E-state index is 11.7. The first-order chi connectivity index (χ1) is 7.41. The molecule has 1 atom stereocenters. The van der Waals surface area contributed by atoms with E-state index in [1.165, 1.54) is 11.1 Å². The quantitative estimate of drug-likeness (QED) is 0.753. The molecule has 2 nitrogen and oxygen atoms in total. The Labute approximate surface area is 102 Å². The lowest BCUT2D eigenvalue weighted by molar-refractivity contribution is -0.127. The van der Waals surface area contributed by atoms with Crippen molar-refractivity contribution in [1.29, 1.82) is 0 Å². The third kappa shape index (κ3) is 3.27. The highest BCUT2D eigenvalue weighted by atomic mass is 32.2. The van der Waals surface area contributed by atoms with E-state index in [1.54, 1.807) is 30.8 Å². The van der Waals surface area contributed by atoms with Crippen LogP contribution in [0.4, 0.5) is 0 Å². The van der Waals surface area contributed by atoms with Crippen LogP contribution in [-0.2, 0) is 4.79 Å². The molecule has 1 aromatic rings. The molecular formula is C13H19NOS. The number of aryl methyl sites for hydroxylation is 2. The van der Waals surface area contributed by atoms with E-state index < -0.39 is 0 Å². The second-order valence-corrected chi connectivity index (χ2v) is 5.65. The van der Waals surface area contributed by atoms with Gasteiger partial charge in [0.2, 0.25) is 5.91 Å². The minimum Gasteiger partial charge on any atom is -0.348 e. The van der Waals surface area contributed by atoms with Crippen molar-refractivity contribution in [3.8, 4) is 0 Å². The van der Waals surface area contributed by atoms with Gasteiger partial charge in [-0.1, -0.05) is 6.07 Å². The molecule has 3 heteroatoms. The van der Waals surface area contributed by atoms with E-state index >= 15 is 0 Å². The summed E-state index contributed by atoms with van der Waals surface area (Å²) < 4.78 is 0. The van der Waals surface area contributed by atoms with Crippen LogP contribution in [-0.4, -0.2) is 30.2 Å². The standard InChI is InChI=1S/C13H19NOS/c1-9-6-7-12(8-10(9)2)16-11(3)13(15)14(4)5/h6-8,11H,1-5H3. The fourth-order valence-electron chi connectivity index (χ4n) is 1.41. The maximum absolute atomic E-state index is 11.7. The Hall–Kier alpha value is -0.960. The Morgan fingerprint density at radius 3 is 2.38 bits per heavy atom. The first-order valence-electron chi connectivity index (χ1n) is 5.37. The molecule has 0 aromatic heterocycles. The van der Waals surface area contributed by atoms with Gasteiger partial charge in [-0.15, -0.1) is 11.8 Å². The summed E-state index contributed by atoms with van der Waals surface area (Å²) in [6.07, 6.45) is 0. The van der Waals surface area contributed by atoms with Crippen molar-refractivity contribution in [1.82, 2.24) is 4.90 Å². The van der Waals surface area contributed by atoms with Gasteiger partial charge in [0.25, 0.3) is 0 Å². The number of benzene rings is 1. The van der Waals surface area contributed by atoms with Crippen LogP contribution in [0.2, 0.25) is 0 Å². The van der Waals surface area contributed by atoms with Crippen LogP contribution in [0.15, 0.2) is 23.1 Å². The number of carbonyl (C=O) groups excluding carboxylic acids is 1. The zero-order chi connectivity index (χ0) is 12.3. The van der Waals surface area contributed by atoms with Gasteiger partial charge in [0, 0.05) is 19.0 Å². The van der Waals surface area contributed by atoms with E-state index in [-0.39, 0.29) is 11.2 Å². The molecule has 0 aliphatic heterocycles. The van der Waals surface area contributed by atoms with Crippen LogP contribution in [0, 0.1) is 13.8 Å². The zero-order valence-corrected chi connectivity index (χ0v) is 11.4. The van der Waals surface area contributed by atoms with E-state index in [4.69, 9.17) is 0 Å². The third-order valence-corrected chi connectivity index (χ3v) is 3.66.